The summed E-state index contributed by atoms with van der Waals surface area (Å²) in [5, 5.41) is 2.96. The molecule has 1 heterocycles. The highest BCUT2D eigenvalue weighted by atomic mass is 79.9. The van der Waals surface area contributed by atoms with E-state index in [1.165, 1.54) is 0 Å². The number of amides is 1. The molecule has 1 unspecified atom stereocenters. The van der Waals surface area contributed by atoms with E-state index in [0.29, 0.717) is 18.0 Å². The quantitative estimate of drug-likeness (QED) is 0.883. The van der Waals surface area contributed by atoms with Crippen molar-refractivity contribution < 1.29 is 9.53 Å². The van der Waals surface area contributed by atoms with Gasteiger partial charge < -0.3 is 10.1 Å². The average Bonchev–Trinajstić information content (AvgIpc) is 2.44. The number of morpholine rings is 1. The fourth-order valence-electron chi connectivity index (χ4n) is 2.52. The van der Waals surface area contributed by atoms with Crippen molar-refractivity contribution in [2.24, 2.45) is 5.92 Å². The zero-order valence-corrected chi connectivity index (χ0v) is 14.2. The topological polar surface area (TPSA) is 41.6 Å². The van der Waals surface area contributed by atoms with Gasteiger partial charge in [0, 0.05) is 36.2 Å². The number of hydrogen-bond donors (Lipinski definition) is 1. The molecule has 1 saturated heterocycles. The Labute approximate surface area is 135 Å². The molecule has 4 nitrogen and oxygen atoms in total. The van der Waals surface area contributed by atoms with Crippen molar-refractivity contribution in [2.75, 3.05) is 32.8 Å². The third-order valence-electron chi connectivity index (χ3n) is 3.42. The molecule has 1 fully saturated rings. The summed E-state index contributed by atoms with van der Waals surface area (Å²) < 4.78 is 6.64. The van der Waals surface area contributed by atoms with Crippen molar-refractivity contribution in [3.05, 3.63) is 34.3 Å². The Balaban J connectivity index is 1.81. The zero-order valence-electron chi connectivity index (χ0n) is 12.6. The van der Waals surface area contributed by atoms with Crippen LogP contribution in [0.1, 0.15) is 24.2 Å². The number of benzene rings is 1. The van der Waals surface area contributed by atoms with E-state index >= 15 is 0 Å². The molecular formula is C16H23BrN2O2. The van der Waals surface area contributed by atoms with Crippen molar-refractivity contribution >= 4 is 21.8 Å². The molecule has 1 aromatic carbocycles. The van der Waals surface area contributed by atoms with E-state index < -0.39 is 0 Å². The van der Waals surface area contributed by atoms with E-state index in [2.05, 4.69) is 40.0 Å². The molecule has 116 valence electrons. The number of nitrogens with zero attached hydrogens (tertiary/aromatic N) is 1. The van der Waals surface area contributed by atoms with Gasteiger partial charge in [-0.15, -0.1) is 0 Å². The van der Waals surface area contributed by atoms with E-state index in [0.717, 1.165) is 30.7 Å². The second-order valence-electron chi connectivity index (χ2n) is 5.87. The molecule has 0 radical (unpaired) electrons. The van der Waals surface area contributed by atoms with Crippen molar-refractivity contribution in [1.82, 2.24) is 10.2 Å². The molecule has 0 bridgehead atoms. The van der Waals surface area contributed by atoms with Gasteiger partial charge in [0.25, 0.3) is 5.91 Å². The molecule has 1 aliphatic heterocycles. The van der Waals surface area contributed by atoms with Crippen LogP contribution in [0.15, 0.2) is 28.7 Å². The van der Waals surface area contributed by atoms with E-state index in [1.54, 1.807) is 0 Å². The van der Waals surface area contributed by atoms with Gasteiger partial charge in [-0.2, -0.15) is 0 Å². The SMILES string of the molecule is CC(C)CN1CCOC(CNC(=O)c2cccc(Br)c2)C1. The van der Waals surface area contributed by atoms with Gasteiger partial charge in [0.1, 0.15) is 0 Å². The van der Waals surface area contributed by atoms with Gasteiger partial charge in [0.2, 0.25) is 0 Å². The first-order valence-corrected chi connectivity index (χ1v) is 8.21. The Bertz CT molecular complexity index is 479. The summed E-state index contributed by atoms with van der Waals surface area (Å²) in [5.74, 6) is 0.598. The molecule has 0 spiro atoms. The molecule has 1 aromatic rings. The first-order chi connectivity index (χ1) is 10.0. The molecule has 0 saturated carbocycles. The predicted molar refractivity (Wildman–Crippen MR) is 87.5 cm³/mol. The lowest BCUT2D eigenvalue weighted by atomic mass is 10.1. The number of carbonyl (C=O) groups is 1. The Hall–Kier alpha value is -0.910. The summed E-state index contributed by atoms with van der Waals surface area (Å²) in [6.07, 6.45) is 0.0774. The zero-order chi connectivity index (χ0) is 15.2. The van der Waals surface area contributed by atoms with Crippen LogP contribution < -0.4 is 5.32 Å². The van der Waals surface area contributed by atoms with Crippen molar-refractivity contribution in [1.29, 1.82) is 0 Å². The van der Waals surface area contributed by atoms with Gasteiger partial charge in [0.15, 0.2) is 0 Å². The Morgan fingerprint density at radius 2 is 2.33 bits per heavy atom. The highest BCUT2D eigenvalue weighted by Crippen LogP contribution is 2.12. The summed E-state index contributed by atoms with van der Waals surface area (Å²) in [4.78, 5) is 14.5. The van der Waals surface area contributed by atoms with Gasteiger partial charge in [-0.3, -0.25) is 9.69 Å². The van der Waals surface area contributed by atoms with Crippen LogP contribution in [0.5, 0.6) is 0 Å². The van der Waals surface area contributed by atoms with Crippen LogP contribution in [-0.4, -0.2) is 49.7 Å². The van der Waals surface area contributed by atoms with Crippen molar-refractivity contribution in [3.8, 4) is 0 Å². The summed E-state index contributed by atoms with van der Waals surface area (Å²) in [6.45, 7) is 8.69. The monoisotopic (exact) mass is 354 g/mol. The van der Waals surface area contributed by atoms with Gasteiger partial charge in [-0.25, -0.2) is 0 Å². The molecule has 1 N–H and O–H groups in total. The van der Waals surface area contributed by atoms with E-state index in [4.69, 9.17) is 4.74 Å². The van der Waals surface area contributed by atoms with E-state index in [-0.39, 0.29) is 12.0 Å². The smallest absolute Gasteiger partial charge is 0.251 e. The second-order valence-corrected chi connectivity index (χ2v) is 6.78. The van der Waals surface area contributed by atoms with Crippen LogP contribution in [-0.2, 0) is 4.74 Å². The first-order valence-electron chi connectivity index (χ1n) is 7.42. The Morgan fingerprint density at radius 1 is 1.52 bits per heavy atom. The third-order valence-corrected chi connectivity index (χ3v) is 3.92. The largest absolute Gasteiger partial charge is 0.374 e. The van der Waals surface area contributed by atoms with Crippen molar-refractivity contribution in [3.63, 3.8) is 0 Å². The molecule has 5 heteroatoms. The van der Waals surface area contributed by atoms with Gasteiger partial charge >= 0.3 is 0 Å². The van der Waals surface area contributed by atoms with E-state index in [1.807, 2.05) is 24.3 Å². The highest BCUT2D eigenvalue weighted by molar-refractivity contribution is 9.10. The minimum atomic E-state index is -0.0547. The maximum atomic E-state index is 12.1. The number of halogens is 1. The van der Waals surface area contributed by atoms with Crippen LogP contribution in [0, 0.1) is 5.92 Å². The van der Waals surface area contributed by atoms with Crippen molar-refractivity contribution in [2.45, 2.75) is 20.0 Å². The Kier molecular flexibility index (Phi) is 6.21. The first kappa shape index (κ1) is 16.5. The summed E-state index contributed by atoms with van der Waals surface area (Å²) >= 11 is 3.38. The number of nitrogens with one attached hydrogen (secondary N) is 1. The molecule has 2 rings (SSSR count). The van der Waals surface area contributed by atoms with Gasteiger partial charge in [-0.05, 0) is 24.1 Å². The number of hydrogen-bond acceptors (Lipinski definition) is 3. The van der Waals surface area contributed by atoms with Crippen LogP contribution in [0.4, 0.5) is 0 Å². The molecule has 0 aromatic heterocycles. The normalized spacial score (nSPS) is 19.7. The molecule has 1 aliphatic rings. The van der Waals surface area contributed by atoms with Gasteiger partial charge in [0.05, 0.1) is 12.7 Å². The lowest BCUT2D eigenvalue weighted by Gasteiger charge is -2.33. The predicted octanol–water partition coefficient (Wildman–Crippen LogP) is 2.54. The van der Waals surface area contributed by atoms with Gasteiger partial charge in [-0.1, -0.05) is 35.8 Å². The fraction of sp³-hybridized carbons (Fsp3) is 0.562. The summed E-state index contributed by atoms with van der Waals surface area (Å²) in [7, 11) is 0. The van der Waals surface area contributed by atoms with Crippen LogP contribution in [0.25, 0.3) is 0 Å². The minimum Gasteiger partial charge on any atom is -0.374 e. The maximum Gasteiger partial charge on any atom is 0.251 e. The third kappa shape index (κ3) is 5.41. The molecular weight excluding hydrogens is 332 g/mol. The lowest BCUT2D eigenvalue weighted by Crippen LogP contribution is -2.48. The number of carbonyl (C=O) groups excluding carboxylic acids is 1. The second kappa shape index (κ2) is 7.92. The minimum absolute atomic E-state index is 0.0547. The number of ether oxygens (including phenoxy) is 1. The van der Waals surface area contributed by atoms with E-state index in [9.17, 15) is 4.79 Å². The highest BCUT2D eigenvalue weighted by Gasteiger charge is 2.21. The number of rotatable bonds is 5. The summed E-state index contributed by atoms with van der Waals surface area (Å²) in [6, 6.07) is 7.40. The standard InChI is InChI=1S/C16H23BrN2O2/c1-12(2)10-19-6-7-21-15(11-19)9-18-16(20)13-4-3-5-14(17)8-13/h3-5,8,12,15H,6-7,9-11H2,1-2H3,(H,18,20). The lowest BCUT2D eigenvalue weighted by molar-refractivity contribution is -0.0295. The van der Waals surface area contributed by atoms with Crippen LogP contribution in [0.2, 0.25) is 0 Å². The average molecular weight is 355 g/mol. The van der Waals surface area contributed by atoms with Crippen LogP contribution in [0.3, 0.4) is 0 Å². The maximum absolute atomic E-state index is 12.1. The molecule has 1 amide bonds. The summed E-state index contributed by atoms with van der Waals surface area (Å²) in [5.41, 5.74) is 0.666. The van der Waals surface area contributed by atoms with Crippen LogP contribution >= 0.6 is 15.9 Å². The molecule has 0 aliphatic carbocycles. The molecule has 21 heavy (non-hydrogen) atoms. The fourth-order valence-corrected chi connectivity index (χ4v) is 2.92. The molecule has 1 atom stereocenters. The Morgan fingerprint density at radius 3 is 3.05 bits per heavy atom.